The van der Waals surface area contributed by atoms with Crippen LogP contribution in [-0.4, -0.2) is 6.61 Å². The summed E-state index contributed by atoms with van der Waals surface area (Å²) < 4.78 is 5.43. The first-order valence-corrected chi connectivity index (χ1v) is 3.80. The van der Waals surface area contributed by atoms with Crippen LogP contribution in [0.3, 0.4) is 0 Å². The molecule has 58 valence electrons. The molecule has 1 aromatic carbocycles. The Morgan fingerprint density at radius 3 is 3.00 bits per heavy atom. The van der Waals surface area contributed by atoms with Crippen LogP contribution in [0.15, 0.2) is 12.1 Å². The summed E-state index contributed by atoms with van der Waals surface area (Å²) in [4.78, 5) is 0. The van der Waals surface area contributed by atoms with E-state index in [0.717, 1.165) is 24.5 Å². The van der Waals surface area contributed by atoms with Crippen molar-refractivity contribution in [2.45, 2.75) is 13.3 Å². The van der Waals surface area contributed by atoms with Gasteiger partial charge >= 0.3 is 0 Å². The smallest absolute Gasteiger partial charge is 0.127 e. The number of anilines is 1. The minimum absolute atomic E-state index is 0.782. The van der Waals surface area contributed by atoms with E-state index in [0.29, 0.717) is 0 Å². The molecule has 11 heavy (non-hydrogen) atoms. The SMILES string of the molecule is Cc1ccc(N)c2c1OCC2. The number of fused-ring (bicyclic) bond motifs is 1. The lowest BCUT2D eigenvalue weighted by Gasteiger charge is -2.04. The molecule has 0 saturated carbocycles. The Morgan fingerprint density at radius 1 is 1.45 bits per heavy atom. The maximum absolute atomic E-state index is 5.76. The van der Waals surface area contributed by atoms with Crippen LogP contribution in [0.2, 0.25) is 0 Å². The Morgan fingerprint density at radius 2 is 2.27 bits per heavy atom. The Labute approximate surface area is 66.0 Å². The lowest BCUT2D eigenvalue weighted by Crippen LogP contribution is -1.91. The van der Waals surface area contributed by atoms with Gasteiger partial charge in [0.05, 0.1) is 6.61 Å². The normalized spacial score (nSPS) is 14.3. The first-order chi connectivity index (χ1) is 5.29. The lowest BCUT2D eigenvalue weighted by molar-refractivity contribution is 0.354. The van der Waals surface area contributed by atoms with Gasteiger partial charge in [0.25, 0.3) is 0 Å². The fourth-order valence-electron chi connectivity index (χ4n) is 1.47. The van der Waals surface area contributed by atoms with E-state index in [1.165, 1.54) is 11.1 Å². The third-order valence-electron chi connectivity index (χ3n) is 2.09. The van der Waals surface area contributed by atoms with Crippen LogP contribution in [-0.2, 0) is 6.42 Å². The second-order valence-corrected chi connectivity index (χ2v) is 2.88. The Hall–Kier alpha value is -1.18. The average molecular weight is 149 g/mol. The lowest BCUT2D eigenvalue weighted by atomic mass is 10.1. The number of ether oxygens (including phenoxy) is 1. The molecule has 0 atom stereocenters. The first kappa shape index (κ1) is 6.53. The van der Waals surface area contributed by atoms with Crippen molar-refractivity contribution >= 4 is 5.69 Å². The maximum Gasteiger partial charge on any atom is 0.127 e. The number of rotatable bonds is 0. The van der Waals surface area contributed by atoms with Gasteiger partial charge in [0.1, 0.15) is 5.75 Å². The molecule has 2 rings (SSSR count). The van der Waals surface area contributed by atoms with Crippen molar-refractivity contribution in [3.63, 3.8) is 0 Å². The van der Waals surface area contributed by atoms with E-state index in [1.807, 2.05) is 19.1 Å². The van der Waals surface area contributed by atoms with Crippen LogP contribution in [0.4, 0.5) is 5.69 Å². The van der Waals surface area contributed by atoms with Crippen molar-refractivity contribution in [2.24, 2.45) is 0 Å². The van der Waals surface area contributed by atoms with Gasteiger partial charge in [-0.15, -0.1) is 0 Å². The third-order valence-corrected chi connectivity index (χ3v) is 2.09. The van der Waals surface area contributed by atoms with Gasteiger partial charge in [-0.25, -0.2) is 0 Å². The fourth-order valence-corrected chi connectivity index (χ4v) is 1.47. The topological polar surface area (TPSA) is 35.2 Å². The number of nitrogens with two attached hydrogens (primary N) is 1. The number of benzene rings is 1. The van der Waals surface area contributed by atoms with E-state index in [9.17, 15) is 0 Å². The van der Waals surface area contributed by atoms with E-state index in [1.54, 1.807) is 0 Å². The second-order valence-electron chi connectivity index (χ2n) is 2.88. The molecule has 0 fully saturated rings. The molecular formula is C9H11NO. The van der Waals surface area contributed by atoms with E-state index >= 15 is 0 Å². The van der Waals surface area contributed by atoms with Crippen molar-refractivity contribution in [1.29, 1.82) is 0 Å². The van der Waals surface area contributed by atoms with Gasteiger partial charge in [0.2, 0.25) is 0 Å². The standard InChI is InChI=1S/C9H11NO/c1-6-2-3-8(10)7-4-5-11-9(6)7/h2-3H,4-5,10H2,1H3. The zero-order chi connectivity index (χ0) is 7.84. The summed E-state index contributed by atoms with van der Waals surface area (Å²) in [6.45, 7) is 2.83. The van der Waals surface area contributed by atoms with Crippen molar-refractivity contribution in [3.05, 3.63) is 23.3 Å². The number of hydrogen-bond acceptors (Lipinski definition) is 2. The van der Waals surface area contributed by atoms with Gasteiger partial charge in [-0.1, -0.05) is 6.07 Å². The quantitative estimate of drug-likeness (QED) is 0.567. The zero-order valence-corrected chi connectivity index (χ0v) is 6.55. The average Bonchev–Trinajstić information content (AvgIpc) is 2.45. The Bertz CT molecular complexity index is 265. The van der Waals surface area contributed by atoms with Gasteiger partial charge in [-0.05, 0) is 18.6 Å². The van der Waals surface area contributed by atoms with Crippen LogP contribution < -0.4 is 10.5 Å². The van der Waals surface area contributed by atoms with E-state index in [-0.39, 0.29) is 0 Å². The van der Waals surface area contributed by atoms with Crippen molar-refractivity contribution in [2.75, 3.05) is 12.3 Å². The Balaban J connectivity index is 2.64. The molecule has 1 aromatic rings. The van der Waals surface area contributed by atoms with Gasteiger partial charge < -0.3 is 10.5 Å². The maximum atomic E-state index is 5.76. The molecule has 0 amide bonds. The minimum Gasteiger partial charge on any atom is -0.493 e. The molecule has 1 aliphatic rings. The van der Waals surface area contributed by atoms with E-state index in [2.05, 4.69) is 0 Å². The summed E-state index contributed by atoms with van der Waals surface area (Å²) in [5.41, 5.74) is 9.00. The molecule has 0 bridgehead atoms. The molecule has 0 aromatic heterocycles. The molecule has 0 saturated heterocycles. The van der Waals surface area contributed by atoms with E-state index < -0.39 is 0 Å². The summed E-state index contributed by atoms with van der Waals surface area (Å²) >= 11 is 0. The summed E-state index contributed by atoms with van der Waals surface area (Å²) in [6, 6.07) is 3.95. The molecule has 0 radical (unpaired) electrons. The van der Waals surface area contributed by atoms with Gasteiger partial charge in [0, 0.05) is 17.7 Å². The van der Waals surface area contributed by atoms with Gasteiger partial charge in [0.15, 0.2) is 0 Å². The van der Waals surface area contributed by atoms with Crippen LogP contribution in [0, 0.1) is 6.92 Å². The zero-order valence-electron chi connectivity index (χ0n) is 6.55. The minimum atomic E-state index is 0.782. The predicted molar refractivity (Wildman–Crippen MR) is 44.8 cm³/mol. The summed E-state index contributed by atoms with van der Waals surface area (Å²) in [6.07, 6.45) is 0.961. The highest BCUT2D eigenvalue weighted by Crippen LogP contribution is 2.32. The van der Waals surface area contributed by atoms with Crippen molar-refractivity contribution in [1.82, 2.24) is 0 Å². The molecule has 1 aliphatic heterocycles. The summed E-state index contributed by atoms with van der Waals surface area (Å²) in [5.74, 6) is 1.00. The predicted octanol–water partition coefficient (Wildman–Crippen LogP) is 1.51. The molecule has 0 unspecified atom stereocenters. The first-order valence-electron chi connectivity index (χ1n) is 3.80. The molecule has 0 spiro atoms. The monoisotopic (exact) mass is 149 g/mol. The highest BCUT2D eigenvalue weighted by atomic mass is 16.5. The highest BCUT2D eigenvalue weighted by Gasteiger charge is 2.16. The molecule has 2 heteroatoms. The van der Waals surface area contributed by atoms with Crippen molar-refractivity contribution < 1.29 is 4.74 Å². The molecule has 2 N–H and O–H groups in total. The van der Waals surface area contributed by atoms with Crippen LogP contribution >= 0.6 is 0 Å². The number of hydrogen-bond donors (Lipinski definition) is 1. The molecule has 0 aliphatic carbocycles. The fraction of sp³-hybridized carbons (Fsp3) is 0.333. The van der Waals surface area contributed by atoms with Crippen LogP contribution in [0.25, 0.3) is 0 Å². The largest absolute Gasteiger partial charge is 0.493 e. The number of aryl methyl sites for hydroxylation is 1. The van der Waals surface area contributed by atoms with Gasteiger partial charge in [-0.2, -0.15) is 0 Å². The molecule has 1 heterocycles. The summed E-state index contributed by atoms with van der Waals surface area (Å²) in [5, 5.41) is 0. The third kappa shape index (κ3) is 0.862. The highest BCUT2D eigenvalue weighted by molar-refractivity contribution is 5.58. The number of nitrogen functional groups attached to an aromatic ring is 1. The second kappa shape index (κ2) is 2.16. The van der Waals surface area contributed by atoms with E-state index in [4.69, 9.17) is 10.5 Å². The molecule has 2 nitrogen and oxygen atoms in total. The molecular weight excluding hydrogens is 138 g/mol. The van der Waals surface area contributed by atoms with Gasteiger partial charge in [-0.3, -0.25) is 0 Å². The van der Waals surface area contributed by atoms with Crippen LogP contribution in [0.1, 0.15) is 11.1 Å². The summed E-state index contributed by atoms with van der Waals surface area (Å²) in [7, 11) is 0. The van der Waals surface area contributed by atoms with Crippen LogP contribution in [0.5, 0.6) is 5.75 Å². The van der Waals surface area contributed by atoms with Crippen molar-refractivity contribution in [3.8, 4) is 5.75 Å². The Kier molecular flexibility index (Phi) is 1.28.